The molecule has 0 aromatic heterocycles. The Morgan fingerprint density at radius 3 is 2.50 bits per heavy atom. The van der Waals surface area contributed by atoms with E-state index < -0.39 is 0 Å². The zero-order valence-electron chi connectivity index (χ0n) is 9.03. The minimum absolute atomic E-state index is 0.00716. The molecule has 3 nitrogen and oxygen atoms in total. The molecule has 84 valence electrons. The highest BCUT2D eigenvalue weighted by Crippen LogP contribution is 2.45. The van der Waals surface area contributed by atoms with E-state index in [9.17, 15) is 4.79 Å². The van der Waals surface area contributed by atoms with Crippen molar-refractivity contribution in [3.63, 3.8) is 0 Å². The Morgan fingerprint density at radius 1 is 1.38 bits per heavy atom. The van der Waals surface area contributed by atoms with Gasteiger partial charge in [-0.05, 0) is 30.5 Å². The van der Waals surface area contributed by atoms with Crippen LogP contribution in [0, 0.1) is 0 Å². The summed E-state index contributed by atoms with van der Waals surface area (Å²) < 4.78 is 0. The lowest BCUT2D eigenvalue weighted by Gasteiger charge is -2.19. The number of carbonyl (C=O) groups excluding carboxylic acids is 1. The molecule has 1 aromatic carbocycles. The summed E-state index contributed by atoms with van der Waals surface area (Å²) in [5.41, 5.74) is 0.836. The van der Waals surface area contributed by atoms with Gasteiger partial charge in [-0.2, -0.15) is 0 Å². The molecule has 2 aliphatic rings. The van der Waals surface area contributed by atoms with E-state index in [2.05, 4.69) is 5.32 Å². The predicted molar refractivity (Wildman–Crippen MR) is 62.1 cm³/mol. The highest BCUT2D eigenvalue weighted by molar-refractivity contribution is 6.30. The molecule has 2 fully saturated rings. The molecule has 1 aliphatic heterocycles. The van der Waals surface area contributed by atoms with Gasteiger partial charge in [0.1, 0.15) is 11.7 Å². The van der Waals surface area contributed by atoms with E-state index in [-0.39, 0.29) is 17.6 Å². The molecule has 4 heteroatoms. The summed E-state index contributed by atoms with van der Waals surface area (Å²) in [5.74, 6) is 0.215. The van der Waals surface area contributed by atoms with Crippen LogP contribution in [0.5, 0.6) is 0 Å². The molecule has 0 bridgehead atoms. The van der Waals surface area contributed by atoms with Gasteiger partial charge in [-0.3, -0.25) is 10.1 Å². The van der Waals surface area contributed by atoms with Crippen molar-refractivity contribution in [2.75, 3.05) is 7.05 Å². The lowest BCUT2D eigenvalue weighted by molar-refractivity contribution is -0.129. The van der Waals surface area contributed by atoms with Crippen molar-refractivity contribution in [3.05, 3.63) is 34.9 Å². The first-order valence-corrected chi connectivity index (χ1v) is 5.81. The summed E-state index contributed by atoms with van der Waals surface area (Å²) in [6.07, 6.45) is 1.91. The molecule has 1 N–H and O–H groups in total. The van der Waals surface area contributed by atoms with Crippen molar-refractivity contribution in [3.8, 4) is 0 Å². The number of benzene rings is 1. The highest BCUT2D eigenvalue weighted by Gasteiger charge is 2.58. The van der Waals surface area contributed by atoms with Crippen LogP contribution in [0.15, 0.2) is 24.3 Å². The molecule has 1 spiro atoms. The van der Waals surface area contributed by atoms with Crippen LogP contribution in [0.25, 0.3) is 0 Å². The fraction of sp³-hybridized carbons (Fsp3) is 0.417. The molecule has 1 aromatic rings. The van der Waals surface area contributed by atoms with Gasteiger partial charge < -0.3 is 4.90 Å². The number of rotatable bonds is 1. The highest BCUT2D eigenvalue weighted by atomic mass is 35.5. The molecule has 1 amide bonds. The number of carbonyl (C=O) groups is 1. The maximum atomic E-state index is 12.0. The number of amides is 1. The molecule has 1 unspecified atom stereocenters. The average molecular weight is 237 g/mol. The van der Waals surface area contributed by atoms with Crippen LogP contribution in [0.2, 0.25) is 5.02 Å². The first-order chi connectivity index (χ1) is 7.62. The molecule has 1 heterocycles. The monoisotopic (exact) mass is 236 g/mol. The SMILES string of the molecule is CN1C(=O)C2(CC2)NC1c1ccc(Cl)cc1. The third-order valence-electron chi connectivity index (χ3n) is 3.47. The zero-order chi connectivity index (χ0) is 11.3. The van der Waals surface area contributed by atoms with Crippen molar-refractivity contribution < 1.29 is 4.79 Å². The number of likely N-dealkylation sites (N-methyl/N-ethyl adjacent to an activating group) is 1. The molecular formula is C12H13ClN2O. The quantitative estimate of drug-likeness (QED) is 0.808. The van der Waals surface area contributed by atoms with Gasteiger partial charge in [0, 0.05) is 12.1 Å². The second kappa shape index (κ2) is 3.22. The third kappa shape index (κ3) is 1.35. The van der Waals surface area contributed by atoms with Crippen LogP contribution in [0.4, 0.5) is 0 Å². The fourth-order valence-corrected chi connectivity index (χ4v) is 2.44. The third-order valence-corrected chi connectivity index (χ3v) is 3.72. The predicted octanol–water partition coefficient (Wildman–Crippen LogP) is 1.93. The minimum atomic E-state index is -0.251. The van der Waals surface area contributed by atoms with Crippen LogP contribution in [-0.4, -0.2) is 23.4 Å². The summed E-state index contributed by atoms with van der Waals surface area (Å²) in [4.78, 5) is 13.8. The number of halogens is 1. The van der Waals surface area contributed by atoms with E-state index in [1.807, 2.05) is 31.3 Å². The maximum absolute atomic E-state index is 12.0. The van der Waals surface area contributed by atoms with Gasteiger partial charge in [0.25, 0.3) is 0 Å². The minimum Gasteiger partial charge on any atom is -0.324 e. The van der Waals surface area contributed by atoms with Crippen LogP contribution in [-0.2, 0) is 4.79 Å². The Morgan fingerprint density at radius 2 is 2.00 bits per heavy atom. The Labute approximate surface area is 99.4 Å². The lowest BCUT2D eigenvalue weighted by Crippen LogP contribution is -2.30. The van der Waals surface area contributed by atoms with Gasteiger partial charge in [-0.25, -0.2) is 0 Å². The Bertz CT molecular complexity index is 439. The standard InChI is InChI=1S/C12H13ClN2O/c1-15-10(8-2-4-9(13)5-3-8)14-12(6-7-12)11(15)16/h2-5,10,14H,6-7H2,1H3. The molecule has 16 heavy (non-hydrogen) atoms. The van der Waals surface area contributed by atoms with Gasteiger partial charge in [-0.15, -0.1) is 0 Å². The Kier molecular flexibility index (Phi) is 2.03. The number of nitrogens with zero attached hydrogens (tertiary/aromatic N) is 1. The fourth-order valence-electron chi connectivity index (χ4n) is 2.31. The number of hydrogen-bond donors (Lipinski definition) is 1. The molecule has 1 saturated carbocycles. The van der Waals surface area contributed by atoms with E-state index in [1.165, 1.54) is 0 Å². The molecule has 1 aliphatic carbocycles. The normalized spacial score (nSPS) is 26.5. The largest absolute Gasteiger partial charge is 0.324 e. The van der Waals surface area contributed by atoms with Crippen LogP contribution < -0.4 is 5.32 Å². The van der Waals surface area contributed by atoms with Crippen LogP contribution >= 0.6 is 11.6 Å². The first-order valence-electron chi connectivity index (χ1n) is 5.43. The number of nitrogens with one attached hydrogen (secondary N) is 1. The summed E-state index contributed by atoms with van der Waals surface area (Å²) in [5, 5.41) is 4.13. The van der Waals surface area contributed by atoms with E-state index in [0.717, 1.165) is 23.4 Å². The van der Waals surface area contributed by atoms with Gasteiger partial charge in [0.15, 0.2) is 0 Å². The molecule has 3 rings (SSSR count). The van der Waals surface area contributed by atoms with Gasteiger partial charge >= 0.3 is 0 Å². The molecular weight excluding hydrogens is 224 g/mol. The van der Waals surface area contributed by atoms with Crippen molar-refractivity contribution in [1.82, 2.24) is 10.2 Å². The van der Waals surface area contributed by atoms with Crippen molar-refractivity contribution in [1.29, 1.82) is 0 Å². The molecule has 1 atom stereocenters. The molecule has 1 saturated heterocycles. The summed E-state index contributed by atoms with van der Waals surface area (Å²) in [6, 6.07) is 7.64. The van der Waals surface area contributed by atoms with Gasteiger partial charge in [-0.1, -0.05) is 23.7 Å². The van der Waals surface area contributed by atoms with E-state index >= 15 is 0 Å². The maximum Gasteiger partial charge on any atom is 0.244 e. The van der Waals surface area contributed by atoms with E-state index in [1.54, 1.807) is 4.90 Å². The van der Waals surface area contributed by atoms with E-state index in [4.69, 9.17) is 11.6 Å². The Balaban J connectivity index is 1.91. The van der Waals surface area contributed by atoms with Crippen LogP contribution in [0.3, 0.4) is 0 Å². The number of hydrogen-bond acceptors (Lipinski definition) is 2. The Hall–Kier alpha value is -1.06. The van der Waals surface area contributed by atoms with Crippen molar-refractivity contribution in [2.24, 2.45) is 0 Å². The lowest BCUT2D eigenvalue weighted by atomic mass is 10.1. The zero-order valence-corrected chi connectivity index (χ0v) is 9.79. The second-order valence-electron chi connectivity index (χ2n) is 4.60. The second-order valence-corrected chi connectivity index (χ2v) is 5.03. The van der Waals surface area contributed by atoms with Gasteiger partial charge in [0.05, 0.1) is 0 Å². The topological polar surface area (TPSA) is 32.3 Å². The van der Waals surface area contributed by atoms with Crippen LogP contribution in [0.1, 0.15) is 24.6 Å². The first kappa shape index (κ1) is 10.1. The summed E-state index contributed by atoms with van der Waals surface area (Å²) in [6.45, 7) is 0. The average Bonchev–Trinajstić information content (AvgIpc) is 3.02. The van der Waals surface area contributed by atoms with Crippen molar-refractivity contribution >= 4 is 17.5 Å². The van der Waals surface area contributed by atoms with E-state index in [0.29, 0.717) is 0 Å². The van der Waals surface area contributed by atoms with Crippen molar-refractivity contribution in [2.45, 2.75) is 24.5 Å². The van der Waals surface area contributed by atoms with Gasteiger partial charge in [0.2, 0.25) is 5.91 Å². The smallest absolute Gasteiger partial charge is 0.244 e. The summed E-state index contributed by atoms with van der Waals surface area (Å²) >= 11 is 5.85. The summed E-state index contributed by atoms with van der Waals surface area (Å²) in [7, 11) is 1.85. The molecule has 0 radical (unpaired) electrons.